The topological polar surface area (TPSA) is 99.6 Å². The number of rotatable bonds is 8. The van der Waals surface area contributed by atoms with Gasteiger partial charge in [0.25, 0.3) is 5.91 Å². The van der Waals surface area contributed by atoms with Gasteiger partial charge in [0.15, 0.2) is 6.61 Å². The number of benzene rings is 3. The first-order valence-corrected chi connectivity index (χ1v) is 13.9. The molecule has 5 rings (SSSR count). The summed E-state index contributed by atoms with van der Waals surface area (Å²) in [6.45, 7) is 2.96. The van der Waals surface area contributed by atoms with Crippen LogP contribution in [0.15, 0.2) is 60.7 Å². The SMILES string of the molecule is CN(C(=O)CN1C(=O)COc2cc(Cl)c(Cl)cc21)C(CN1CCOCC1)c1ccc(-c2ccc(C(=O)O)cc2)cc1. The number of amides is 2. The molecule has 214 valence electrons. The monoisotopic (exact) mass is 597 g/mol. The quantitative estimate of drug-likeness (QED) is 0.404. The molecule has 3 aromatic carbocycles. The molecule has 0 aromatic heterocycles. The van der Waals surface area contributed by atoms with Crippen LogP contribution in [0.25, 0.3) is 11.1 Å². The van der Waals surface area contributed by atoms with Gasteiger partial charge >= 0.3 is 5.97 Å². The molecule has 1 saturated heterocycles. The van der Waals surface area contributed by atoms with Crippen molar-refractivity contribution in [2.45, 2.75) is 6.04 Å². The van der Waals surface area contributed by atoms with E-state index in [9.17, 15) is 19.5 Å². The van der Waals surface area contributed by atoms with Gasteiger partial charge in [0.05, 0.1) is 40.6 Å². The highest BCUT2D eigenvalue weighted by molar-refractivity contribution is 6.42. The zero-order chi connectivity index (χ0) is 29.1. The minimum Gasteiger partial charge on any atom is -0.482 e. The van der Waals surface area contributed by atoms with Crippen molar-refractivity contribution in [2.24, 2.45) is 0 Å². The molecule has 2 heterocycles. The zero-order valence-corrected chi connectivity index (χ0v) is 23.9. The standard InChI is InChI=1S/C30H29Cl2N3O6/c1-33(28(36)17-35-25-14-23(31)24(32)15-27(25)41-18-29(35)37)26(16-34-10-12-40-13-11-34)21-6-2-19(3-7-21)20-4-8-22(9-5-20)30(38)39/h2-9,14-15,26H,10-13,16-18H2,1H3,(H,38,39). The molecule has 41 heavy (non-hydrogen) atoms. The van der Waals surface area contributed by atoms with Crippen LogP contribution in [-0.2, 0) is 14.3 Å². The zero-order valence-electron chi connectivity index (χ0n) is 22.4. The van der Waals surface area contributed by atoms with Crippen LogP contribution in [0, 0.1) is 0 Å². The Hall–Kier alpha value is -3.63. The maximum Gasteiger partial charge on any atom is 0.335 e. The first-order valence-electron chi connectivity index (χ1n) is 13.1. The fraction of sp³-hybridized carbons (Fsp3) is 0.300. The number of ether oxygens (including phenoxy) is 2. The normalized spacial score (nSPS) is 16.1. The first-order chi connectivity index (χ1) is 19.7. The summed E-state index contributed by atoms with van der Waals surface area (Å²) in [7, 11) is 1.74. The Kier molecular flexibility index (Phi) is 8.79. The third-order valence-electron chi connectivity index (χ3n) is 7.39. The molecule has 2 amide bonds. The minimum atomic E-state index is -0.972. The van der Waals surface area contributed by atoms with Crippen LogP contribution in [0.5, 0.6) is 5.75 Å². The predicted octanol–water partition coefficient (Wildman–Crippen LogP) is 4.62. The van der Waals surface area contributed by atoms with Gasteiger partial charge < -0.3 is 19.5 Å². The summed E-state index contributed by atoms with van der Waals surface area (Å²) in [5.74, 6) is -1.17. The number of hydrogen-bond donors (Lipinski definition) is 1. The van der Waals surface area contributed by atoms with E-state index in [4.69, 9.17) is 32.7 Å². The van der Waals surface area contributed by atoms with Gasteiger partial charge in [-0.3, -0.25) is 19.4 Å². The van der Waals surface area contributed by atoms with Crippen LogP contribution in [-0.4, -0.2) is 85.7 Å². The highest BCUT2D eigenvalue weighted by atomic mass is 35.5. The molecule has 0 bridgehead atoms. The molecule has 3 aromatic rings. The lowest BCUT2D eigenvalue weighted by atomic mass is 9.98. The summed E-state index contributed by atoms with van der Waals surface area (Å²) in [5.41, 5.74) is 3.37. The van der Waals surface area contributed by atoms with Crippen molar-refractivity contribution in [1.29, 1.82) is 0 Å². The number of carboxylic acid groups (broad SMARTS) is 1. The summed E-state index contributed by atoms with van der Waals surface area (Å²) in [4.78, 5) is 43.0. The number of fused-ring (bicyclic) bond motifs is 1. The van der Waals surface area contributed by atoms with Crippen LogP contribution >= 0.6 is 23.2 Å². The van der Waals surface area contributed by atoms with Gasteiger partial charge in [-0.2, -0.15) is 0 Å². The maximum atomic E-state index is 13.7. The van der Waals surface area contributed by atoms with Gasteiger partial charge in [-0.15, -0.1) is 0 Å². The fourth-order valence-corrected chi connectivity index (χ4v) is 5.28. The number of anilines is 1. The molecular weight excluding hydrogens is 569 g/mol. The number of likely N-dealkylation sites (N-methyl/N-ethyl adjacent to an activating group) is 1. The van der Waals surface area contributed by atoms with E-state index < -0.39 is 5.97 Å². The van der Waals surface area contributed by atoms with E-state index in [0.717, 1.165) is 29.8 Å². The van der Waals surface area contributed by atoms with Crippen LogP contribution in [0.4, 0.5) is 5.69 Å². The molecule has 11 heteroatoms. The Bertz CT molecular complexity index is 1440. The van der Waals surface area contributed by atoms with E-state index in [1.54, 1.807) is 42.3 Å². The molecular formula is C30H29Cl2N3O6. The van der Waals surface area contributed by atoms with Crippen LogP contribution in [0.2, 0.25) is 10.0 Å². The maximum absolute atomic E-state index is 13.7. The van der Waals surface area contributed by atoms with Gasteiger partial charge in [-0.25, -0.2) is 4.79 Å². The third kappa shape index (κ3) is 6.49. The number of morpholine rings is 1. The van der Waals surface area contributed by atoms with Crippen molar-refractivity contribution in [3.63, 3.8) is 0 Å². The number of aromatic carboxylic acids is 1. The second kappa shape index (κ2) is 12.5. The smallest absolute Gasteiger partial charge is 0.335 e. The Morgan fingerprint density at radius 3 is 2.22 bits per heavy atom. The molecule has 0 aliphatic carbocycles. The molecule has 0 spiro atoms. The Morgan fingerprint density at radius 2 is 1.59 bits per heavy atom. The Morgan fingerprint density at radius 1 is 0.976 bits per heavy atom. The fourth-order valence-electron chi connectivity index (χ4n) is 4.97. The summed E-state index contributed by atoms with van der Waals surface area (Å²) < 4.78 is 11.0. The Balaban J connectivity index is 1.39. The van der Waals surface area contributed by atoms with Gasteiger partial charge in [-0.1, -0.05) is 59.6 Å². The van der Waals surface area contributed by atoms with E-state index in [1.807, 2.05) is 24.3 Å². The number of nitrogens with zero attached hydrogens (tertiary/aromatic N) is 3. The highest BCUT2D eigenvalue weighted by Crippen LogP contribution is 2.39. The van der Waals surface area contributed by atoms with Gasteiger partial charge in [0.1, 0.15) is 12.3 Å². The molecule has 0 saturated carbocycles. The van der Waals surface area contributed by atoms with Crippen LogP contribution in [0.3, 0.4) is 0 Å². The molecule has 0 radical (unpaired) electrons. The molecule has 1 atom stereocenters. The van der Waals surface area contributed by atoms with Crippen LogP contribution < -0.4 is 9.64 Å². The molecule has 1 unspecified atom stereocenters. The number of carbonyl (C=O) groups is 3. The van der Waals surface area contributed by atoms with Crippen molar-refractivity contribution >= 4 is 46.7 Å². The lowest BCUT2D eigenvalue weighted by Gasteiger charge is -2.37. The number of hydrogen-bond acceptors (Lipinski definition) is 6. The summed E-state index contributed by atoms with van der Waals surface area (Å²) >= 11 is 12.3. The predicted molar refractivity (Wildman–Crippen MR) is 156 cm³/mol. The minimum absolute atomic E-state index is 0.183. The van der Waals surface area contributed by atoms with E-state index in [0.29, 0.717) is 36.2 Å². The lowest BCUT2D eigenvalue weighted by Crippen LogP contribution is -2.48. The van der Waals surface area contributed by atoms with Crippen molar-refractivity contribution in [1.82, 2.24) is 9.80 Å². The number of carbonyl (C=O) groups excluding carboxylic acids is 2. The average Bonchev–Trinajstić information content (AvgIpc) is 2.98. The van der Waals surface area contributed by atoms with Crippen molar-refractivity contribution in [2.75, 3.05) is 57.9 Å². The van der Waals surface area contributed by atoms with Gasteiger partial charge in [-0.05, 0) is 34.9 Å². The Labute approximate surface area is 247 Å². The largest absolute Gasteiger partial charge is 0.482 e. The molecule has 2 aliphatic heterocycles. The van der Waals surface area contributed by atoms with E-state index in [-0.39, 0.29) is 41.6 Å². The van der Waals surface area contributed by atoms with Crippen molar-refractivity contribution < 1.29 is 29.0 Å². The molecule has 1 N–H and O–H groups in total. The second-order valence-electron chi connectivity index (χ2n) is 9.94. The van der Waals surface area contributed by atoms with Gasteiger partial charge in [0, 0.05) is 32.7 Å². The average molecular weight is 598 g/mol. The van der Waals surface area contributed by atoms with Crippen LogP contribution in [0.1, 0.15) is 22.0 Å². The lowest BCUT2D eigenvalue weighted by molar-refractivity contribution is -0.133. The molecule has 2 aliphatic rings. The van der Waals surface area contributed by atoms with E-state index in [1.165, 1.54) is 11.0 Å². The van der Waals surface area contributed by atoms with Crippen molar-refractivity contribution in [3.8, 4) is 16.9 Å². The number of halogens is 2. The molecule has 9 nitrogen and oxygen atoms in total. The molecule has 1 fully saturated rings. The second-order valence-corrected chi connectivity index (χ2v) is 10.8. The first kappa shape index (κ1) is 28.9. The summed E-state index contributed by atoms with van der Waals surface area (Å²) in [5, 5.41) is 9.74. The number of carboxylic acids is 1. The van der Waals surface area contributed by atoms with Crippen molar-refractivity contribution in [3.05, 3.63) is 81.8 Å². The third-order valence-corrected chi connectivity index (χ3v) is 8.12. The van der Waals surface area contributed by atoms with E-state index in [2.05, 4.69) is 4.90 Å². The summed E-state index contributed by atoms with van der Waals surface area (Å²) in [6, 6.07) is 17.4. The van der Waals surface area contributed by atoms with Gasteiger partial charge in [0.2, 0.25) is 5.91 Å². The summed E-state index contributed by atoms with van der Waals surface area (Å²) in [6.07, 6.45) is 0. The highest BCUT2D eigenvalue weighted by Gasteiger charge is 2.32. The van der Waals surface area contributed by atoms with E-state index >= 15 is 0 Å².